The topological polar surface area (TPSA) is 55.2 Å². The van der Waals surface area contributed by atoms with Crippen LogP contribution in [0.3, 0.4) is 0 Å². The normalized spacial score (nSPS) is 11.9. The first-order valence-electron chi connectivity index (χ1n) is 11.5. The van der Waals surface area contributed by atoms with E-state index in [2.05, 4.69) is 6.92 Å². The zero-order valence-electron chi connectivity index (χ0n) is 19.1. The summed E-state index contributed by atoms with van der Waals surface area (Å²) in [5, 5.41) is 0.565. The van der Waals surface area contributed by atoms with Crippen molar-refractivity contribution < 1.29 is 4.79 Å². The Balaban J connectivity index is 1.75. The minimum absolute atomic E-state index is 0.0650. The maximum Gasteiger partial charge on any atom is 0.266 e. The van der Waals surface area contributed by atoms with Crippen LogP contribution in [0.2, 0.25) is 0 Å². The molecule has 33 heavy (non-hydrogen) atoms. The highest BCUT2D eigenvalue weighted by atomic mass is 16.2. The highest BCUT2D eigenvalue weighted by Gasteiger charge is 2.26. The molecule has 1 atom stereocenters. The van der Waals surface area contributed by atoms with E-state index in [1.165, 1.54) is 0 Å². The van der Waals surface area contributed by atoms with E-state index >= 15 is 0 Å². The lowest BCUT2D eigenvalue weighted by Gasteiger charge is -2.30. The Morgan fingerprint density at radius 2 is 1.58 bits per heavy atom. The summed E-state index contributed by atoms with van der Waals surface area (Å²) >= 11 is 0. The number of rotatable bonds is 8. The van der Waals surface area contributed by atoms with Crippen LogP contribution in [0, 0.1) is 0 Å². The van der Waals surface area contributed by atoms with Crippen molar-refractivity contribution in [1.82, 2.24) is 14.5 Å². The van der Waals surface area contributed by atoms with Crippen LogP contribution in [0.1, 0.15) is 44.1 Å². The summed E-state index contributed by atoms with van der Waals surface area (Å²) in [5.74, 6) is 0.640. The van der Waals surface area contributed by atoms with Crippen molar-refractivity contribution in [2.24, 2.45) is 0 Å². The van der Waals surface area contributed by atoms with E-state index in [-0.39, 0.29) is 17.5 Å². The lowest BCUT2D eigenvalue weighted by atomic mass is 10.1. The highest BCUT2D eigenvalue weighted by molar-refractivity contribution is 5.79. The molecule has 1 unspecified atom stereocenters. The van der Waals surface area contributed by atoms with E-state index in [1.807, 2.05) is 90.7 Å². The molecule has 1 amide bonds. The third-order valence-corrected chi connectivity index (χ3v) is 5.91. The fourth-order valence-electron chi connectivity index (χ4n) is 4.21. The van der Waals surface area contributed by atoms with Gasteiger partial charge in [0.05, 0.1) is 22.6 Å². The van der Waals surface area contributed by atoms with Gasteiger partial charge in [0, 0.05) is 13.0 Å². The molecule has 1 heterocycles. The van der Waals surface area contributed by atoms with Crippen LogP contribution in [0.5, 0.6) is 0 Å². The second-order valence-electron chi connectivity index (χ2n) is 8.21. The van der Waals surface area contributed by atoms with Crippen molar-refractivity contribution >= 4 is 16.8 Å². The van der Waals surface area contributed by atoms with Crippen molar-refractivity contribution in [3.05, 3.63) is 107 Å². The summed E-state index contributed by atoms with van der Waals surface area (Å²) in [7, 11) is 0. The van der Waals surface area contributed by atoms with Crippen LogP contribution >= 0.6 is 0 Å². The van der Waals surface area contributed by atoms with Crippen LogP contribution in [0.4, 0.5) is 0 Å². The maximum absolute atomic E-state index is 13.5. The molecule has 0 aliphatic heterocycles. The maximum atomic E-state index is 13.5. The molecule has 0 aliphatic carbocycles. The van der Waals surface area contributed by atoms with Gasteiger partial charge in [0.25, 0.3) is 5.56 Å². The van der Waals surface area contributed by atoms with Crippen molar-refractivity contribution in [3.63, 3.8) is 0 Å². The number of hydrogen-bond acceptors (Lipinski definition) is 3. The van der Waals surface area contributed by atoms with E-state index < -0.39 is 0 Å². The van der Waals surface area contributed by atoms with Gasteiger partial charge >= 0.3 is 0 Å². The number of nitrogens with zero attached hydrogens (tertiary/aromatic N) is 3. The number of benzene rings is 3. The number of hydrogen-bond donors (Lipinski definition) is 0. The number of fused-ring (bicyclic) bond motifs is 1. The predicted molar refractivity (Wildman–Crippen MR) is 133 cm³/mol. The Hall–Kier alpha value is -3.73. The van der Waals surface area contributed by atoms with Gasteiger partial charge in [-0.25, -0.2) is 4.98 Å². The fraction of sp³-hybridized carbons (Fsp3) is 0.250. The molecule has 0 spiro atoms. The van der Waals surface area contributed by atoms with Crippen LogP contribution < -0.4 is 5.56 Å². The van der Waals surface area contributed by atoms with Gasteiger partial charge in [-0.1, -0.05) is 67.6 Å². The van der Waals surface area contributed by atoms with Gasteiger partial charge in [0.15, 0.2) is 0 Å². The summed E-state index contributed by atoms with van der Waals surface area (Å²) < 4.78 is 1.65. The molecule has 0 saturated heterocycles. The molecule has 0 N–H and O–H groups in total. The van der Waals surface area contributed by atoms with E-state index in [4.69, 9.17) is 4.98 Å². The molecule has 4 aromatic rings. The van der Waals surface area contributed by atoms with Gasteiger partial charge in [-0.2, -0.15) is 0 Å². The average Bonchev–Trinajstić information content (AvgIpc) is 2.86. The molecule has 0 saturated carbocycles. The number of aromatic nitrogens is 2. The monoisotopic (exact) mass is 439 g/mol. The second-order valence-corrected chi connectivity index (χ2v) is 8.21. The lowest BCUT2D eigenvalue weighted by molar-refractivity contribution is -0.133. The van der Waals surface area contributed by atoms with Gasteiger partial charge < -0.3 is 4.90 Å². The number of carbonyl (C=O) groups excluding carboxylic acids is 1. The van der Waals surface area contributed by atoms with Crippen LogP contribution in [0.15, 0.2) is 89.7 Å². The first-order valence-corrected chi connectivity index (χ1v) is 11.5. The Morgan fingerprint density at radius 3 is 2.27 bits per heavy atom. The van der Waals surface area contributed by atoms with E-state index in [9.17, 15) is 9.59 Å². The number of carbonyl (C=O) groups is 1. The molecule has 5 nitrogen and oxygen atoms in total. The van der Waals surface area contributed by atoms with Crippen molar-refractivity contribution in [2.45, 2.75) is 39.2 Å². The first-order chi connectivity index (χ1) is 16.1. The molecule has 4 rings (SSSR count). The summed E-state index contributed by atoms with van der Waals surface area (Å²) in [6.07, 6.45) is 1.92. The van der Waals surface area contributed by atoms with Crippen LogP contribution in [-0.4, -0.2) is 26.9 Å². The number of para-hydroxylation sites is 2. The van der Waals surface area contributed by atoms with E-state index in [0.717, 1.165) is 17.7 Å². The van der Waals surface area contributed by atoms with Gasteiger partial charge in [-0.3, -0.25) is 14.2 Å². The molecular weight excluding hydrogens is 410 g/mol. The predicted octanol–water partition coefficient (Wildman–Crippen LogP) is 5.32. The largest absolute Gasteiger partial charge is 0.333 e. The minimum Gasteiger partial charge on any atom is -0.333 e. The third kappa shape index (κ3) is 4.87. The number of amides is 1. The number of aryl methyl sites for hydroxylation is 1. The quantitative estimate of drug-likeness (QED) is 0.373. The molecule has 0 fully saturated rings. The van der Waals surface area contributed by atoms with E-state index in [0.29, 0.717) is 36.1 Å². The molecule has 5 heteroatoms. The molecule has 1 aromatic heterocycles. The summed E-state index contributed by atoms with van der Waals surface area (Å²) in [6, 6.07) is 26.6. The average molecular weight is 440 g/mol. The summed E-state index contributed by atoms with van der Waals surface area (Å²) in [5.41, 5.74) is 2.40. The van der Waals surface area contributed by atoms with Crippen molar-refractivity contribution in [3.8, 4) is 5.69 Å². The first kappa shape index (κ1) is 22.5. The fourth-order valence-corrected chi connectivity index (χ4v) is 4.21. The van der Waals surface area contributed by atoms with Crippen molar-refractivity contribution in [2.75, 3.05) is 6.54 Å². The molecule has 3 aromatic carbocycles. The minimum atomic E-state index is -0.356. The lowest BCUT2D eigenvalue weighted by Crippen LogP contribution is -2.38. The Bertz CT molecular complexity index is 1280. The second kappa shape index (κ2) is 10.3. The standard InChI is InChI=1S/C28H29N3O2/c1-3-20-30(26(32)19-18-22-12-6-4-7-13-22)21(2)27-29-25-17-11-10-16-24(25)28(33)31(27)23-14-8-5-9-15-23/h4-17,21H,3,18-20H2,1-2H3. The molecule has 168 valence electrons. The Kier molecular flexibility index (Phi) is 6.98. The van der Waals surface area contributed by atoms with Gasteiger partial charge in [0.2, 0.25) is 5.91 Å². The van der Waals surface area contributed by atoms with E-state index in [1.54, 1.807) is 10.6 Å². The SMILES string of the molecule is CCCN(C(=O)CCc1ccccc1)C(C)c1nc2ccccc2c(=O)n1-c1ccccc1. The van der Waals surface area contributed by atoms with Crippen molar-refractivity contribution in [1.29, 1.82) is 0 Å². The van der Waals surface area contributed by atoms with Crippen LogP contribution in [-0.2, 0) is 11.2 Å². The zero-order valence-corrected chi connectivity index (χ0v) is 19.1. The van der Waals surface area contributed by atoms with Gasteiger partial charge in [0.1, 0.15) is 5.82 Å². The molecule has 0 aliphatic rings. The zero-order chi connectivity index (χ0) is 23.2. The summed E-state index contributed by atoms with van der Waals surface area (Å²) in [6.45, 7) is 4.63. The molecule has 0 bridgehead atoms. The highest BCUT2D eigenvalue weighted by Crippen LogP contribution is 2.24. The molecular formula is C28H29N3O2. The Morgan fingerprint density at radius 1 is 0.939 bits per heavy atom. The van der Waals surface area contributed by atoms with Gasteiger partial charge in [-0.05, 0) is 49.6 Å². The Labute approximate surface area is 194 Å². The smallest absolute Gasteiger partial charge is 0.266 e. The van der Waals surface area contributed by atoms with Crippen LogP contribution in [0.25, 0.3) is 16.6 Å². The summed E-state index contributed by atoms with van der Waals surface area (Å²) in [4.78, 5) is 33.6. The molecule has 0 radical (unpaired) electrons. The third-order valence-electron chi connectivity index (χ3n) is 5.91. The van der Waals surface area contributed by atoms with Gasteiger partial charge in [-0.15, -0.1) is 0 Å².